The summed E-state index contributed by atoms with van der Waals surface area (Å²) in [5, 5.41) is 3.35. The molecule has 1 unspecified atom stereocenters. The van der Waals surface area contributed by atoms with Crippen LogP contribution < -0.4 is 10.1 Å². The van der Waals surface area contributed by atoms with E-state index in [0.717, 1.165) is 17.9 Å². The van der Waals surface area contributed by atoms with Crippen LogP contribution in [-0.4, -0.2) is 6.23 Å². The smallest absolute Gasteiger partial charge is 0.170 e. The third kappa shape index (κ3) is 1.77. The number of para-hydroxylation sites is 2. The average molecular weight is 177 g/mol. The Balaban J connectivity index is 1.97. The van der Waals surface area contributed by atoms with Gasteiger partial charge in [-0.15, -0.1) is 0 Å². The molecule has 0 aromatic heterocycles. The fraction of sp³-hybridized carbons (Fsp3) is 0.455. The Bertz CT molecular complexity index is 260. The zero-order valence-corrected chi connectivity index (χ0v) is 7.92. The van der Waals surface area contributed by atoms with Crippen molar-refractivity contribution in [3.05, 3.63) is 24.3 Å². The topological polar surface area (TPSA) is 21.3 Å². The summed E-state index contributed by atoms with van der Waals surface area (Å²) in [4.78, 5) is 0. The number of hydrogen-bond acceptors (Lipinski definition) is 2. The number of anilines is 1. The van der Waals surface area contributed by atoms with E-state index in [4.69, 9.17) is 4.74 Å². The predicted octanol–water partition coefficient (Wildman–Crippen LogP) is 3.01. The monoisotopic (exact) mass is 177 g/mol. The molecular weight excluding hydrogens is 162 g/mol. The molecular formula is C11H15NO. The Morgan fingerprint density at radius 2 is 2.23 bits per heavy atom. The molecule has 70 valence electrons. The van der Waals surface area contributed by atoms with Crippen LogP contribution in [0.5, 0.6) is 5.75 Å². The van der Waals surface area contributed by atoms with Gasteiger partial charge in [-0.25, -0.2) is 0 Å². The van der Waals surface area contributed by atoms with Crippen molar-refractivity contribution >= 4 is 5.69 Å². The van der Waals surface area contributed by atoms with E-state index in [-0.39, 0.29) is 6.23 Å². The highest BCUT2D eigenvalue weighted by Gasteiger charge is 2.19. The van der Waals surface area contributed by atoms with Crippen molar-refractivity contribution in [1.29, 1.82) is 0 Å². The molecule has 0 bridgehead atoms. The van der Waals surface area contributed by atoms with E-state index in [1.54, 1.807) is 0 Å². The second kappa shape index (κ2) is 3.69. The fourth-order valence-electron chi connectivity index (χ4n) is 1.57. The lowest BCUT2D eigenvalue weighted by Gasteiger charge is -2.09. The molecule has 1 aliphatic heterocycles. The highest BCUT2D eigenvalue weighted by molar-refractivity contribution is 5.59. The Kier molecular flexibility index (Phi) is 2.39. The lowest BCUT2D eigenvalue weighted by molar-refractivity contribution is 0.238. The highest BCUT2D eigenvalue weighted by atomic mass is 16.5. The van der Waals surface area contributed by atoms with Gasteiger partial charge >= 0.3 is 0 Å². The first-order chi connectivity index (χ1) is 6.40. The van der Waals surface area contributed by atoms with Crippen LogP contribution in [-0.2, 0) is 0 Å². The second-order valence-corrected chi connectivity index (χ2v) is 3.39. The molecule has 1 heterocycles. The molecule has 0 fully saturated rings. The SMILES string of the molecule is CCCCC1Nc2ccccc2O1. The molecule has 1 atom stereocenters. The summed E-state index contributed by atoms with van der Waals surface area (Å²) in [6.45, 7) is 2.20. The zero-order valence-electron chi connectivity index (χ0n) is 7.92. The van der Waals surface area contributed by atoms with Gasteiger partial charge in [0.15, 0.2) is 6.23 Å². The van der Waals surface area contributed by atoms with E-state index >= 15 is 0 Å². The van der Waals surface area contributed by atoms with Crippen LogP contribution in [0.1, 0.15) is 26.2 Å². The van der Waals surface area contributed by atoms with Gasteiger partial charge in [-0.05, 0) is 18.6 Å². The lowest BCUT2D eigenvalue weighted by atomic mass is 10.2. The van der Waals surface area contributed by atoms with Gasteiger partial charge in [-0.2, -0.15) is 0 Å². The molecule has 0 radical (unpaired) electrons. The molecule has 0 spiro atoms. The van der Waals surface area contributed by atoms with E-state index in [2.05, 4.69) is 18.3 Å². The molecule has 2 rings (SSSR count). The van der Waals surface area contributed by atoms with Crippen molar-refractivity contribution < 1.29 is 4.74 Å². The van der Waals surface area contributed by atoms with Crippen LogP contribution in [0.15, 0.2) is 24.3 Å². The number of rotatable bonds is 3. The molecule has 2 heteroatoms. The van der Waals surface area contributed by atoms with Gasteiger partial charge < -0.3 is 10.1 Å². The lowest BCUT2D eigenvalue weighted by Crippen LogP contribution is -2.19. The summed E-state index contributed by atoms with van der Waals surface area (Å²) < 4.78 is 5.70. The van der Waals surface area contributed by atoms with Crippen molar-refractivity contribution in [1.82, 2.24) is 0 Å². The first kappa shape index (κ1) is 8.42. The number of fused-ring (bicyclic) bond motifs is 1. The largest absolute Gasteiger partial charge is 0.469 e. The number of nitrogens with one attached hydrogen (secondary N) is 1. The average Bonchev–Trinajstić information content (AvgIpc) is 2.57. The maximum absolute atomic E-state index is 5.70. The number of hydrogen-bond donors (Lipinski definition) is 1. The van der Waals surface area contributed by atoms with Crippen LogP contribution >= 0.6 is 0 Å². The minimum Gasteiger partial charge on any atom is -0.469 e. The molecule has 1 aromatic rings. The van der Waals surface area contributed by atoms with E-state index < -0.39 is 0 Å². The van der Waals surface area contributed by atoms with E-state index in [1.165, 1.54) is 12.8 Å². The summed E-state index contributed by atoms with van der Waals surface area (Å²) in [7, 11) is 0. The van der Waals surface area contributed by atoms with Gasteiger partial charge in [0.2, 0.25) is 0 Å². The summed E-state index contributed by atoms with van der Waals surface area (Å²) >= 11 is 0. The first-order valence-corrected chi connectivity index (χ1v) is 4.92. The molecule has 0 saturated carbocycles. The third-order valence-electron chi connectivity index (χ3n) is 2.29. The molecule has 0 amide bonds. The molecule has 1 aliphatic rings. The van der Waals surface area contributed by atoms with Gasteiger partial charge in [0, 0.05) is 6.42 Å². The van der Waals surface area contributed by atoms with Gasteiger partial charge in [-0.1, -0.05) is 25.5 Å². The van der Waals surface area contributed by atoms with Crippen molar-refractivity contribution in [3.63, 3.8) is 0 Å². The van der Waals surface area contributed by atoms with E-state index in [1.807, 2.05) is 18.2 Å². The fourth-order valence-corrected chi connectivity index (χ4v) is 1.57. The maximum atomic E-state index is 5.70. The van der Waals surface area contributed by atoms with Gasteiger partial charge in [0.05, 0.1) is 5.69 Å². The van der Waals surface area contributed by atoms with Crippen molar-refractivity contribution in [2.45, 2.75) is 32.4 Å². The Morgan fingerprint density at radius 1 is 1.38 bits per heavy atom. The maximum Gasteiger partial charge on any atom is 0.170 e. The Morgan fingerprint density at radius 3 is 3.00 bits per heavy atom. The first-order valence-electron chi connectivity index (χ1n) is 4.92. The third-order valence-corrected chi connectivity index (χ3v) is 2.29. The number of ether oxygens (including phenoxy) is 1. The summed E-state index contributed by atoms with van der Waals surface area (Å²) in [6, 6.07) is 8.09. The molecule has 0 aliphatic carbocycles. The minimum atomic E-state index is 0.192. The summed E-state index contributed by atoms with van der Waals surface area (Å²) in [5.74, 6) is 0.989. The van der Waals surface area contributed by atoms with E-state index in [0.29, 0.717) is 0 Å². The second-order valence-electron chi connectivity index (χ2n) is 3.39. The predicted molar refractivity (Wildman–Crippen MR) is 54.0 cm³/mol. The minimum absolute atomic E-state index is 0.192. The Labute approximate surface area is 78.9 Å². The van der Waals surface area contributed by atoms with Gasteiger partial charge in [0.25, 0.3) is 0 Å². The van der Waals surface area contributed by atoms with Crippen LogP contribution in [0.25, 0.3) is 0 Å². The molecule has 1 N–H and O–H groups in total. The van der Waals surface area contributed by atoms with Crippen molar-refractivity contribution in [2.75, 3.05) is 5.32 Å². The number of unbranched alkanes of at least 4 members (excludes halogenated alkanes) is 1. The zero-order chi connectivity index (χ0) is 9.10. The summed E-state index contributed by atoms with van der Waals surface area (Å²) in [5.41, 5.74) is 1.13. The van der Waals surface area contributed by atoms with Gasteiger partial charge in [-0.3, -0.25) is 0 Å². The number of benzene rings is 1. The quantitative estimate of drug-likeness (QED) is 0.766. The molecule has 0 saturated heterocycles. The van der Waals surface area contributed by atoms with Crippen LogP contribution in [0.2, 0.25) is 0 Å². The normalized spacial score (nSPS) is 19.0. The highest BCUT2D eigenvalue weighted by Crippen LogP contribution is 2.32. The summed E-state index contributed by atoms with van der Waals surface area (Å²) in [6.07, 6.45) is 3.71. The van der Waals surface area contributed by atoms with Crippen LogP contribution in [0, 0.1) is 0 Å². The van der Waals surface area contributed by atoms with E-state index in [9.17, 15) is 0 Å². The molecule has 1 aromatic carbocycles. The van der Waals surface area contributed by atoms with Crippen molar-refractivity contribution in [2.24, 2.45) is 0 Å². The molecule has 13 heavy (non-hydrogen) atoms. The molecule has 2 nitrogen and oxygen atoms in total. The van der Waals surface area contributed by atoms with Crippen LogP contribution in [0.4, 0.5) is 5.69 Å². The van der Waals surface area contributed by atoms with Gasteiger partial charge in [0.1, 0.15) is 5.75 Å². The van der Waals surface area contributed by atoms with Crippen LogP contribution in [0.3, 0.4) is 0 Å². The standard InChI is InChI=1S/C11H15NO/c1-2-3-8-11-12-9-6-4-5-7-10(9)13-11/h4-7,11-12H,2-3,8H2,1H3. The van der Waals surface area contributed by atoms with Crippen molar-refractivity contribution in [3.8, 4) is 5.75 Å². The Hall–Kier alpha value is -1.18.